The van der Waals surface area contributed by atoms with Crippen molar-refractivity contribution in [2.24, 2.45) is 5.10 Å². The number of hydrogen-bond acceptors (Lipinski definition) is 6. The third-order valence-corrected chi connectivity index (χ3v) is 7.51. The molecule has 0 aliphatic heterocycles. The molecule has 0 aromatic heterocycles. The van der Waals surface area contributed by atoms with E-state index in [1.807, 2.05) is 0 Å². The molecule has 1 N–H and O–H groups in total. The van der Waals surface area contributed by atoms with Crippen molar-refractivity contribution in [1.29, 1.82) is 0 Å². The van der Waals surface area contributed by atoms with E-state index >= 15 is 0 Å². The highest BCUT2D eigenvalue weighted by molar-refractivity contribution is 7.89. The molecule has 0 saturated heterocycles. The van der Waals surface area contributed by atoms with Crippen molar-refractivity contribution in [1.82, 2.24) is 9.73 Å². The third kappa shape index (κ3) is 7.28. The molecule has 0 saturated carbocycles. The Bertz CT molecular complexity index is 1380. The van der Waals surface area contributed by atoms with Crippen molar-refractivity contribution < 1.29 is 22.7 Å². The lowest BCUT2D eigenvalue weighted by atomic mass is 10.1. The number of nitrogens with one attached hydrogen (secondary N) is 1. The second-order valence-corrected chi connectivity index (χ2v) is 10.6. The van der Waals surface area contributed by atoms with Gasteiger partial charge in [-0.25, -0.2) is 18.6 Å². The van der Waals surface area contributed by atoms with Crippen LogP contribution in [0.5, 0.6) is 0 Å². The zero-order valence-corrected chi connectivity index (χ0v) is 21.9. The Morgan fingerprint density at radius 3 is 2.22 bits per heavy atom. The Morgan fingerprint density at radius 2 is 1.61 bits per heavy atom. The molecular weight excluding hydrogens is 549 g/mol. The van der Waals surface area contributed by atoms with Gasteiger partial charge < -0.3 is 4.74 Å². The van der Waals surface area contributed by atoms with Gasteiger partial charge in [-0.15, -0.1) is 0 Å². The first-order valence-corrected chi connectivity index (χ1v) is 12.9. The minimum atomic E-state index is -4.10. The minimum absolute atomic E-state index is 0.0426. The van der Waals surface area contributed by atoms with Gasteiger partial charge in [-0.2, -0.15) is 9.41 Å². The first-order chi connectivity index (χ1) is 17.1. The maximum Gasteiger partial charge on any atom is 0.337 e. The zero-order chi connectivity index (χ0) is 26.3. The summed E-state index contributed by atoms with van der Waals surface area (Å²) in [5.74, 6) is -1.16. The minimum Gasteiger partial charge on any atom is -0.465 e. The van der Waals surface area contributed by atoms with E-state index in [2.05, 4.69) is 15.3 Å². The van der Waals surface area contributed by atoms with Gasteiger partial charge in [0, 0.05) is 21.6 Å². The lowest BCUT2D eigenvalue weighted by Crippen LogP contribution is -2.39. The van der Waals surface area contributed by atoms with Crippen LogP contribution in [0.1, 0.15) is 21.5 Å². The van der Waals surface area contributed by atoms with Gasteiger partial charge in [0.2, 0.25) is 10.0 Å². The first-order valence-electron chi connectivity index (χ1n) is 10.3. The molecule has 0 bridgehead atoms. The van der Waals surface area contributed by atoms with Crippen LogP contribution < -0.4 is 5.43 Å². The van der Waals surface area contributed by atoms with Crippen molar-refractivity contribution in [3.8, 4) is 0 Å². The summed E-state index contributed by atoms with van der Waals surface area (Å²) in [6, 6.07) is 16.6. The number of carbonyl (C=O) groups is 2. The average molecular weight is 569 g/mol. The fraction of sp³-hybridized carbons (Fsp3) is 0.125. The molecule has 0 unspecified atom stereocenters. The Hall–Kier alpha value is -2.95. The third-order valence-electron chi connectivity index (χ3n) is 4.87. The molecule has 8 nitrogen and oxygen atoms in total. The number of halogens is 3. The van der Waals surface area contributed by atoms with Crippen LogP contribution in [0.15, 0.2) is 76.7 Å². The number of nitrogens with zero attached hydrogens (tertiary/aromatic N) is 2. The van der Waals surface area contributed by atoms with Crippen LogP contribution in [0.25, 0.3) is 0 Å². The van der Waals surface area contributed by atoms with E-state index in [-0.39, 0.29) is 16.5 Å². The predicted molar refractivity (Wildman–Crippen MR) is 139 cm³/mol. The number of sulfonamides is 1. The Morgan fingerprint density at radius 1 is 0.972 bits per heavy atom. The number of hydrazone groups is 1. The number of hydrogen-bond donors (Lipinski definition) is 1. The van der Waals surface area contributed by atoms with E-state index in [0.29, 0.717) is 26.7 Å². The number of methoxy groups -OCH3 is 1. The second-order valence-electron chi connectivity index (χ2n) is 7.37. The largest absolute Gasteiger partial charge is 0.465 e. The SMILES string of the molecule is COC(=O)c1ccc(/C=N\NC(=O)CN(Cc2ccc(Cl)cc2Cl)S(=O)(=O)c2ccc(Cl)cc2)cc1. The lowest BCUT2D eigenvalue weighted by molar-refractivity contribution is -0.121. The summed E-state index contributed by atoms with van der Waals surface area (Å²) in [6.07, 6.45) is 1.35. The van der Waals surface area contributed by atoms with E-state index in [4.69, 9.17) is 34.8 Å². The molecule has 0 radical (unpaired) electrons. The summed E-state index contributed by atoms with van der Waals surface area (Å²) in [4.78, 5) is 24.1. The molecule has 0 spiro atoms. The van der Waals surface area contributed by atoms with Gasteiger partial charge in [0.25, 0.3) is 5.91 Å². The molecule has 1 amide bonds. The van der Waals surface area contributed by atoms with Crippen molar-refractivity contribution in [2.75, 3.05) is 13.7 Å². The van der Waals surface area contributed by atoms with Crippen molar-refractivity contribution in [3.63, 3.8) is 0 Å². The summed E-state index contributed by atoms with van der Waals surface area (Å²) in [5.41, 5.74) is 3.73. The normalized spacial score (nSPS) is 11.6. The molecule has 3 aromatic carbocycles. The molecule has 36 heavy (non-hydrogen) atoms. The summed E-state index contributed by atoms with van der Waals surface area (Å²) >= 11 is 18.1. The van der Waals surface area contributed by atoms with Crippen LogP contribution in [0.3, 0.4) is 0 Å². The van der Waals surface area contributed by atoms with Crippen molar-refractivity contribution >= 4 is 62.9 Å². The highest BCUT2D eigenvalue weighted by atomic mass is 35.5. The van der Waals surface area contributed by atoms with Crippen LogP contribution in [0.4, 0.5) is 0 Å². The predicted octanol–water partition coefficient (Wildman–Crippen LogP) is 4.77. The Balaban J connectivity index is 1.77. The standard InChI is InChI=1S/C24H20Cl3N3O5S/c1-35-24(32)17-4-2-16(3-5-17)13-28-29-23(31)15-30(14-18-6-7-20(26)12-22(18)27)36(33,34)21-10-8-19(25)9-11-21/h2-13H,14-15H2,1H3,(H,29,31)/b28-13-. The fourth-order valence-corrected chi connectivity index (χ4v) is 4.99. The van der Waals surface area contributed by atoms with Gasteiger partial charge in [0.15, 0.2) is 0 Å². The van der Waals surface area contributed by atoms with Crippen molar-refractivity contribution in [2.45, 2.75) is 11.4 Å². The molecule has 3 rings (SSSR count). The van der Waals surface area contributed by atoms with Gasteiger partial charge >= 0.3 is 5.97 Å². The molecule has 0 aliphatic rings. The summed E-state index contributed by atoms with van der Waals surface area (Å²) < 4.78 is 32.3. The van der Waals surface area contributed by atoms with Gasteiger partial charge in [0.05, 0.1) is 30.3 Å². The van der Waals surface area contributed by atoms with Gasteiger partial charge in [-0.3, -0.25) is 4.79 Å². The van der Waals surface area contributed by atoms with Crippen molar-refractivity contribution in [3.05, 3.63) is 98.5 Å². The van der Waals surface area contributed by atoms with Gasteiger partial charge in [-0.05, 0) is 59.7 Å². The molecule has 12 heteroatoms. The number of ether oxygens (including phenoxy) is 1. The second kappa shape index (κ2) is 12.3. The van der Waals surface area contributed by atoms with E-state index in [9.17, 15) is 18.0 Å². The number of esters is 1. The van der Waals surface area contributed by atoms with Crippen LogP contribution in [0, 0.1) is 0 Å². The van der Waals surface area contributed by atoms with Crippen LogP contribution in [0.2, 0.25) is 15.1 Å². The smallest absolute Gasteiger partial charge is 0.337 e. The maximum absolute atomic E-state index is 13.3. The fourth-order valence-electron chi connectivity index (χ4n) is 3.02. The Labute approximate surface area is 223 Å². The molecule has 0 atom stereocenters. The molecule has 0 fully saturated rings. The summed E-state index contributed by atoms with van der Waals surface area (Å²) in [6.45, 7) is -0.727. The quantitative estimate of drug-likeness (QED) is 0.227. The van der Waals surface area contributed by atoms with Crippen LogP contribution >= 0.6 is 34.8 Å². The highest BCUT2D eigenvalue weighted by Gasteiger charge is 2.27. The Kier molecular flexibility index (Phi) is 9.47. The number of carbonyl (C=O) groups excluding carboxylic acids is 2. The van der Waals surface area contributed by atoms with Gasteiger partial charge in [-0.1, -0.05) is 53.0 Å². The number of rotatable bonds is 9. The monoisotopic (exact) mass is 567 g/mol. The average Bonchev–Trinajstić information content (AvgIpc) is 2.85. The zero-order valence-electron chi connectivity index (χ0n) is 18.8. The lowest BCUT2D eigenvalue weighted by Gasteiger charge is -2.22. The van der Waals surface area contributed by atoms with Crippen LogP contribution in [-0.4, -0.2) is 44.5 Å². The molecule has 0 heterocycles. The van der Waals surface area contributed by atoms with E-state index in [1.54, 1.807) is 36.4 Å². The van der Waals surface area contributed by atoms with E-state index in [0.717, 1.165) is 4.31 Å². The number of amides is 1. The van der Waals surface area contributed by atoms with Crippen LogP contribution in [-0.2, 0) is 26.1 Å². The summed E-state index contributed by atoms with van der Waals surface area (Å²) in [7, 11) is -2.82. The number of benzene rings is 3. The molecule has 188 valence electrons. The summed E-state index contributed by atoms with van der Waals surface area (Å²) in [5, 5.41) is 4.89. The highest BCUT2D eigenvalue weighted by Crippen LogP contribution is 2.25. The molecular formula is C24H20Cl3N3O5S. The maximum atomic E-state index is 13.3. The molecule has 0 aliphatic carbocycles. The van der Waals surface area contributed by atoms with E-state index < -0.39 is 28.4 Å². The topological polar surface area (TPSA) is 105 Å². The van der Waals surface area contributed by atoms with Gasteiger partial charge in [0.1, 0.15) is 0 Å². The first kappa shape index (κ1) is 27.6. The van der Waals surface area contributed by atoms with E-state index in [1.165, 1.54) is 43.7 Å². The molecule has 3 aromatic rings.